The van der Waals surface area contributed by atoms with Crippen molar-refractivity contribution in [2.24, 2.45) is 0 Å². The highest BCUT2D eigenvalue weighted by Crippen LogP contribution is 2.21. The van der Waals surface area contributed by atoms with Gasteiger partial charge in [-0.1, -0.05) is 24.3 Å². The smallest absolute Gasteiger partial charge is 0.329 e. The Kier molecular flexibility index (Phi) is 2.23. The third-order valence-electron chi connectivity index (χ3n) is 2.29. The highest BCUT2D eigenvalue weighted by atomic mass is 16.4. The van der Waals surface area contributed by atoms with Crippen LogP contribution in [0.15, 0.2) is 36.5 Å². The molecule has 1 aromatic carbocycles. The molecule has 0 radical (unpaired) electrons. The predicted octanol–water partition coefficient (Wildman–Crippen LogP) is 1.60. The van der Waals surface area contributed by atoms with Gasteiger partial charge in [-0.3, -0.25) is 0 Å². The molecule has 14 heavy (non-hydrogen) atoms. The molecule has 0 amide bonds. The molecule has 1 aliphatic heterocycles. The van der Waals surface area contributed by atoms with Crippen molar-refractivity contribution in [2.45, 2.75) is 13.1 Å². The molecule has 0 bridgehead atoms. The summed E-state index contributed by atoms with van der Waals surface area (Å²) in [4.78, 5) is 12.3. The van der Waals surface area contributed by atoms with Crippen LogP contribution in [-0.2, 0) is 17.9 Å². The SMILES string of the molecule is O=C(O)C=CN1Cc2ccccc2C1. The first-order valence-electron chi connectivity index (χ1n) is 4.47. The van der Waals surface area contributed by atoms with Gasteiger partial charge in [-0.2, -0.15) is 0 Å². The van der Waals surface area contributed by atoms with Crippen LogP contribution in [0.5, 0.6) is 0 Å². The van der Waals surface area contributed by atoms with Gasteiger partial charge in [-0.15, -0.1) is 0 Å². The Morgan fingerprint density at radius 3 is 2.36 bits per heavy atom. The van der Waals surface area contributed by atoms with Gasteiger partial charge in [-0.05, 0) is 11.1 Å². The molecular weight excluding hydrogens is 178 g/mol. The van der Waals surface area contributed by atoms with Crippen LogP contribution in [0.25, 0.3) is 0 Å². The monoisotopic (exact) mass is 189 g/mol. The second kappa shape index (κ2) is 3.54. The van der Waals surface area contributed by atoms with E-state index in [1.54, 1.807) is 6.20 Å². The Balaban J connectivity index is 2.08. The molecule has 0 fully saturated rings. The molecule has 0 aromatic heterocycles. The van der Waals surface area contributed by atoms with Gasteiger partial charge in [0.1, 0.15) is 0 Å². The summed E-state index contributed by atoms with van der Waals surface area (Å²) in [7, 11) is 0. The summed E-state index contributed by atoms with van der Waals surface area (Å²) in [6.45, 7) is 1.61. The first-order chi connectivity index (χ1) is 6.75. The average molecular weight is 189 g/mol. The number of nitrogens with zero attached hydrogens (tertiary/aromatic N) is 1. The lowest BCUT2D eigenvalue weighted by Crippen LogP contribution is -2.08. The lowest BCUT2D eigenvalue weighted by molar-refractivity contribution is -0.131. The Labute approximate surface area is 82.3 Å². The maximum atomic E-state index is 10.3. The van der Waals surface area contributed by atoms with Crippen LogP contribution >= 0.6 is 0 Å². The van der Waals surface area contributed by atoms with Gasteiger partial charge in [0.2, 0.25) is 0 Å². The number of aliphatic carboxylic acids is 1. The van der Waals surface area contributed by atoms with Crippen LogP contribution in [0.2, 0.25) is 0 Å². The number of carboxylic acids is 1. The summed E-state index contributed by atoms with van der Waals surface area (Å²) >= 11 is 0. The second-order valence-electron chi connectivity index (χ2n) is 3.33. The van der Waals surface area contributed by atoms with Crippen LogP contribution < -0.4 is 0 Å². The summed E-state index contributed by atoms with van der Waals surface area (Å²) < 4.78 is 0. The van der Waals surface area contributed by atoms with Gasteiger partial charge < -0.3 is 10.0 Å². The minimum absolute atomic E-state index is 0.806. The lowest BCUT2D eigenvalue weighted by Gasteiger charge is -2.09. The first-order valence-corrected chi connectivity index (χ1v) is 4.47. The van der Waals surface area contributed by atoms with Gasteiger partial charge in [0.05, 0.1) is 0 Å². The minimum Gasteiger partial charge on any atom is -0.478 e. The molecule has 1 N–H and O–H groups in total. The quantitative estimate of drug-likeness (QED) is 0.718. The fourth-order valence-corrected chi connectivity index (χ4v) is 1.63. The summed E-state index contributed by atoms with van der Waals surface area (Å²) in [5.41, 5.74) is 2.56. The molecule has 1 aromatic rings. The molecule has 1 heterocycles. The highest BCUT2D eigenvalue weighted by molar-refractivity contribution is 5.79. The van der Waals surface area contributed by atoms with Crippen molar-refractivity contribution in [3.05, 3.63) is 47.7 Å². The molecule has 0 aliphatic carbocycles. The van der Waals surface area contributed by atoms with Crippen molar-refractivity contribution in [1.29, 1.82) is 0 Å². The van der Waals surface area contributed by atoms with Crippen molar-refractivity contribution in [3.8, 4) is 0 Å². The topological polar surface area (TPSA) is 40.5 Å². The third kappa shape index (κ3) is 1.76. The van der Waals surface area contributed by atoms with Gasteiger partial charge in [0.25, 0.3) is 0 Å². The van der Waals surface area contributed by atoms with E-state index < -0.39 is 5.97 Å². The van der Waals surface area contributed by atoms with Gasteiger partial charge in [-0.25, -0.2) is 4.79 Å². The molecule has 3 nitrogen and oxygen atoms in total. The van der Waals surface area contributed by atoms with Crippen LogP contribution in [0.3, 0.4) is 0 Å². The maximum Gasteiger partial charge on any atom is 0.329 e. The predicted molar refractivity (Wildman–Crippen MR) is 52.5 cm³/mol. The zero-order chi connectivity index (χ0) is 9.97. The number of carbonyl (C=O) groups is 1. The number of rotatable bonds is 2. The Morgan fingerprint density at radius 2 is 1.86 bits per heavy atom. The molecule has 0 saturated carbocycles. The van der Waals surface area contributed by atoms with Crippen LogP contribution in [0.1, 0.15) is 11.1 Å². The molecule has 0 saturated heterocycles. The van der Waals surface area contributed by atoms with Crippen LogP contribution in [0, 0.1) is 0 Å². The zero-order valence-corrected chi connectivity index (χ0v) is 7.68. The largest absolute Gasteiger partial charge is 0.478 e. The van der Waals surface area contributed by atoms with Gasteiger partial charge in [0, 0.05) is 25.4 Å². The van der Waals surface area contributed by atoms with E-state index in [2.05, 4.69) is 12.1 Å². The summed E-state index contributed by atoms with van der Waals surface area (Å²) in [5.74, 6) is -0.902. The van der Waals surface area contributed by atoms with E-state index in [1.165, 1.54) is 17.2 Å². The van der Waals surface area contributed by atoms with Crippen molar-refractivity contribution in [3.63, 3.8) is 0 Å². The fraction of sp³-hybridized carbons (Fsp3) is 0.182. The van der Waals surface area contributed by atoms with E-state index >= 15 is 0 Å². The van der Waals surface area contributed by atoms with E-state index in [0.717, 1.165) is 13.1 Å². The van der Waals surface area contributed by atoms with E-state index in [9.17, 15) is 4.79 Å². The Bertz CT molecular complexity index is 360. The molecule has 1 aliphatic rings. The molecule has 0 spiro atoms. The van der Waals surface area contributed by atoms with E-state index in [0.29, 0.717) is 0 Å². The summed E-state index contributed by atoms with van der Waals surface area (Å²) in [6.07, 6.45) is 2.80. The summed E-state index contributed by atoms with van der Waals surface area (Å²) in [5, 5.41) is 8.48. The second-order valence-corrected chi connectivity index (χ2v) is 3.33. The molecule has 0 unspecified atom stereocenters. The fourth-order valence-electron chi connectivity index (χ4n) is 1.63. The average Bonchev–Trinajstić information content (AvgIpc) is 2.57. The first kappa shape index (κ1) is 8.81. The zero-order valence-electron chi connectivity index (χ0n) is 7.68. The van der Waals surface area contributed by atoms with Crippen LogP contribution in [-0.4, -0.2) is 16.0 Å². The van der Waals surface area contributed by atoms with Crippen molar-refractivity contribution >= 4 is 5.97 Å². The normalized spacial score (nSPS) is 14.7. The standard InChI is InChI=1S/C11H11NO2/c13-11(14)5-6-12-7-9-3-1-2-4-10(9)8-12/h1-6H,7-8H2,(H,13,14). The molecule has 2 rings (SSSR count). The van der Waals surface area contributed by atoms with Crippen molar-refractivity contribution in [2.75, 3.05) is 0 Å². The minimum atomic E-state index is -0.902. The number of benzene rings is 1. The molecular formula is C11H11NO2. The lowest BCUT2D eigenvalue weighted by atomic mass is 10.1. The molecule has 3 heteroatoms. The Morgan fingerprint density at radius 1 is 1.29 bits per heavy atom. The summed E-state index contributed by atoms with van der Waals surface area (Å²) in [6, 6.07) is 8.15. The number of carboxylic acid groups (broad SMARTS) is 1. The Hall–Kier alpha value is -1.77. The van der Waals surface area contributed by atoms with Crippen molar-refractivity contribution < 1.29 is 9.90 Å². The molecule has 72 valence electrons. The number of hydrogen-bond donors (Lipinski definition) is 1. The van der Waals surface area contributed by atoms with Crippen LogP contribution in [0.4, 0.5) is 0 Å². The van der Waals surface area contributed by atoms with E-state index in [1.807, 2.05) is 17.0 Å². The maximum absolute atomic E-state index is 10.3. The van der Waals surface area contributed by atoms with Gasteiger partial charge in [0.15, 0.2) is 0 Å². The van der Waals surface area contributed by atoms with Crippen molar-refractivity contribution in [1.82, 2.24) is 4.90 Å². The van der Waals surface area contributed by atoms with E-state index in [4.69, 9.17) is 5.11 Å². The molecule has 0 atom stereocenters. The highest BCUT2D eigenvalue weighted by Gasteiger charge is 2.14. The number of fused-ring (bicyclic) bond motifs is 1. The van der Waals surface area contributed by atoms with E-state index in [-0.39, 0.29) is 0 Å². The van der Waals surface area contributed by atoms with Gasteiger partial charge >= 0.3 is 5.97 Å². The third-order valence-corrected chi connectivity index (χ3v) is 2.29. The number of hydrogen-bond acceptors (Lipinski definition) is 2.